The number of amides is 1. The van der Waals surface area contributed by atoms with Crippen LogP contribution in [0.4, 0.5) is 0 Å². The Balaban J connectivity index is 1.50. The van der Waals surface area contributed by atoms with Crippen LogP contribution < -0.4 is 10.1 Å². The molecule has 0 saturated carbocycles. The van der Waals surface area contributed by atoms with Crippen LogP contribution in [0.3, 0.4) is 0 Å². The molecule has 3 rings (SSSR count). The van der Waals surface area contributed by atoms with Crippen LogP contribution >= 0.6 is 0 Å². The lowest BCUT2D eigenvalue weighted by atomic mass is 10.1. The summed E-state index contributed by atoms with van der Waals surface area (Å²) in [5.41, 5.74) is 2.68. The summed E-state index contributed by atoms with van der Waals surface area (Å²) in [6.45, 7) is 7.39. The number of benzene rings is 1. The summed E-state index contributed by atoms with van der Waals surface area (Å²) < 4.78 is 7.47. The number of ether oxygens (including phenoxy) is 1. The summed E-state index contributed by atoms with van der Waals surface area (Å²) >= 11 is 0. The number of aryl methyl sites for hydroxylation is 1. The number of unbranched alkanes of at least 4 members (excludes halogenated alkanes) is 1. The Labute approximate surface area is 171 Å². The Morgan fingerprint density at radius 3 is 2.62 bits per heavy atom. The predicted octanol–water partition coefficient (Wildman–Crippen LogP) is 4.29. The summed E-state index contributed by atoms with van der Waals surface area (Å²) in [6, 6.07) is 13.7. The number of hydrogen-bond donors (Lipinski definition) is 1. The van der Waals surface area contributed by atoms with Crippen LogP contribution in [0.25, 0.3) is 5.82 Å². The smallest absolute Gasteiger partial charge is 0.254 e. The standard InChI is InChI=1S/C23H28N4O2/c1-17(2)22-20(16-26-27(22)21-8-4-5-13-24-21)23(28)25-14-6-7-15-29-19-11-9-18(3)10-12-19/h4-5,8-13,16-17H,6-7,14-15H2,1-3H3,(H,25,28). The van der Waals surface area contributed by atoms with Crippen molar-refractivity contribution in [2.45, 2.75) is 39.5 Å². The van der Waals surface area contributed by atoms with Gasteiger partial charge in [-0.15, -0.1) is 0 Å². The Hall–Kier alpha value is -3.15. The van der Waals surface area contributed by atoms with Gasteiger partial charge in [-0.05, 0) is 49.9 Å². The first-order valence-corrected chi connectivity index (χ1v) is 10.0. The molecule has 0 atom stereocenters. The fourth-order valence-corrected chi connectivity index (χ4v) is 3.10. The minimum Gasteiger partial charge on any atom is -0.494 e. The Kier molecular flexibility index (Phi) is 7.00. The van der Waals surface area contributed by atoms with Gasteiger partial charge in [-0.2, -0.15) is 5.10 Å². The van der Waals surface area contributed by atoms with Crippen LogP contribution in [-0.4, -0.2) is 33.8 Å². The molecule has 0 radical (unpaired) electrons. The maximum atomic E-state index is 12.7. The second-order valence-electron chi connectivity index (χ2n) is 7.32. The van der Waals surface area contributed by atoms with Gasteiger partial charge in [-0.3, -0.25) is 4.79 Å². The summed E-state index contributed by atoms with van der Waals surface area (Å²) in [6.07, 6.45) is 5.07. The van der Waals surface area contributed by atoms with Crippen molar-refractivity contribution in [3.05, 3.63) is 71.7 Å². The van der Waals surface area contributed by atoms with Gasteiger partial charge in [0.05, 0.1) is 24.1 Å². The number of rotatable bonds is 9. The second-order valence-corrected chi connectivity index (χ2v) is 7.32. The molecule has 0 fully saturated rings. The van der Waals surface area contributed by atoms with Gasteiger partial charge in [0.2, 0.25) is 0 Å². The first kappa shape index (κ1) is 20.6. The monoisotopic (exact) mass is 392 g/mol. The van der Waals surface area contributed by atoms with E-state index in [1.165, 1.54) is 5.56 Å². The molecule has 1 amide bonds. The molecule has 0 aliphatic rings. The topological polar surface area (TPSA) is 69.0 Å². The summed E-state index contributed by atoms with van der Waals surface area (Å²) in [4.78, 5) is 17.0. The fourth-order valence-electron chi connectivity index (χ4n) is 3.10. The number of nitrogens with one attached hydrogen (secondary N) is 1. The molecule has 0 aliphatic carbocycles. The van der Waals surface area contributed by atoms with Gasteiger partial charge in [-0.1, -0.05) is 37.6 Å². The summed E-state index contributed by atoms with van der Waals surface area (Å²) in [5, 5.41) is 7.40. The average molecular weight is 393 g/mol. The van der Waals surface area contributed by atoms with Crippen LogP contribution in [0.5, 0.6) is 5.75 Å². The Bertz CT molecular complexity index is 918. The number of hydrogen-bond acceptors (Lipinski definition) is 4. The van der Waals surface area contributed by atoms with Crippen LogP contribution in [0, 0.1) is 6.92 Å². The van der Waals surface area contributed by atoms with Crippen molar-refractivity contribution in [1.29, 1.82) is 0 Å². The predicted molar refractivity (Wildman–Crippen MR) is 114 cm³/mol. The third-order valence-corrected chi connectivity index (χ3v) is 4.61. The highest BCUT2D eigenvalue weighted by Gasteiger charge is 2.21. The van der Waals surface area contributed by atoms with E-state index in [0.29, 0.717) is 24.5 Å². The highest BCUT2D eigenvalue weighted by molar-refractivity contribution is 5.95. The summed E-state index contributed by atoms with van der Waals surface area (Å²) in [5.74, 6) is 1.63. The fraction of sp³-hybridized carbons (Fsp3) is 0.348. The van der Waals surface area contributed by atoms with Gasteiger partial charge >= 0.3 is 0 Å². The molecule has 2 heterocycles. The van der Waals surface area contributed by atoms with E-state index in [0.717, 1.165) is 24.3 Å². The molecule has 0 spiro atoms. The van der Waals surface area contributed by atoms with Crippen LogP contribution in [0.2, 0.25) is 0 Å². The first-order valence-electron chi connectivity index (χ1n) is 10.0. The van der Waals surface area contributed by atoms with Crippen molar-refractivity contribution in [3.8, 4) is 11.6 Å². The molecule has 0 aliphatic heterocycles. The number of nitrogens with zero attached hydrogens (tertiary/aromatic N) is 3. The van der Waals surface area contributed by atoms with E-state index in [1.807, 2.05) is 42.5 Å². The van der Waals surface area contributed by atoms with Crippen molar-refractivity contribution < 1.29 is 9.53 Å². The lowest BCUT2D eigenvalue weighted by molar-refractivity contribution is 0.0951. The van der Waals surface area contributed by atoms with Crippen LogP contribution in [0.1, 0.15) is 54.2 Å². The number of carbonyl (C=O) groups excluding carboxylic acids is 1. The van der Waals surface area contributed by atoms with E-state index < -0.39 is 0 Å². The molecule has 6 heteroatoms. The molecule has 29 heavy (non-hydrogen) atoms. The van der Waals surface area contributed by atoms with Gasteiger partial charge in [-0.25, -0.2) is 9.67 Å². The highest BCUT2D eigenvalue weighted by Crippen LogP contribution is 2.22. The molecule has 0 bridgehead atoms. The molecule has 152 valence electrons. The lowest BCUT2D eigenvalue weighted by Crippen LogP contribution is -2.26. The maximum absolute atomic E-state index is 12.7. The van der Waals surface area contributed by atoms with Crippen molar-refractivity contribution in [2.24, 2.45) is 0 Å². The van der Waals surface area contributed by atoms with Gasteiger partial charge in [0.15, 0.2) is 5.82 Å². The largest absolute Gasteiger partial charge is 0.494 e. The maximum Gasteiger partial charge on any atom is 0.254 e. The molecule has 6 nitrogen and oxygen atoms in total. The molecule has 1 aromatic carbocycles. The zero-order valence-corrected chi connectivity index (χ0v) is 17.3. The average Bonchev–Trinajstić information content (AvgIpc) is 3.18. The van der Waals surface area contributed by atoms with Crippen molar-refractivity contribution in [2.75, 3.05) is 13.2 Å². The van der Waals surface area contributed by atoms with E-state index in [4.69, 9.17) is 4.74 Å². The lowest BCUT2D eigenvalue weighted by Gasteiger charge is -2.12. The van der Waals surface area contributed by atoms with Crippen molar-refractivity contribution in [1.82, 2.24) is 20.1 Å². The van der Waals surface area contributed by atoms with E-state index in [2.05, 4.69) is 36.2 Å². The third-order valence-electron chi connectivity index (χ3n) is 4.61. The van der Waals surface area contributed by atoms with Crippen molar-refractivity contribution in [3.63, 3.8) is 0 Å². The normalized spacial score (nSPS) is 10.9. The zero-order valence-electron chi connectivity index (χ0n) is 17.3. The van der Waals surface area contributed by atoms with Gasteiger partial charge < -0.3 is 10.1 Å². The van der Waals surface area contributed by atoms with Crippen molar-refractivity contribution >= 4 is 5.91 Å². The Morgan fingerprint density at radius 2 is 1.93 bits per heavy atom. The number of pyridine rings is 1. The molecular formula is C23H28N4O2. The molecule has 0 unspecified atom stereocenters. The molecule has 0 saturated heterocycles. The van der Waals surface area contributed by atoms with E-state index >= 15 is 0 Å². The van der Waals surface area contributed by atoms with Crippen LogP contribution in [-0.2, 0) is 0 Å². The quantitative estimate of drug-likeness (QED) is 0.552. The second kappa shape index (κ2) is 9.87. The zero-order chi connectivity index (χ0) is 20.6. The number of carbonyl (C=O) groups is 1. The Morgan fingerprint density at radius 1 is 1.14 bits per heavy atom. The van der Waals surface area contributed by atoms with Gasteiger partial charge in [0.1, 0.15) is 5.75 Å². The highest BCUT2D eigenvalue weighted by atomic mass is 16.5. The van der Waals surface area contributed by atoms with E-state index in [1.54, 1.807) is 17.1 Å². The molecular weight excluding hydrogens is 364 g/mol. The minimum atomic E-state index is -0.102. The SMILES string of the molecule is Cc1ccc(OCCCCNC(=O)c2cnn(-c3ccccn3)c2C(C)C)cc1. The molecule has 1 N–H and O–H groups in total. The van der Waals surface area contributed by atoms with E-state index in [-0.39, 0.29) is 11.8 Å². The molecule has 2 aromatic heterocycles. The summed E-state index contributed by atoms with van der Waals surface area (Å²) in [7, 11) is 0. The molecule has 3 aromatic rings. The first-order chi connectivity index (χ1) is 14.1. The van der Waals surface area contributed by atoms with E-state index in [9.17, 15) is 4.79 Å². The third kappa shape index (κ3) is 5.44. The number of aromatic nitrogens is 3. The van der Waals surface area contributed by atoms with Gasteiger partial charge in [0, 0.05) is 12.7 Å². The minimum absolute atomic E-state index is 0.102. The van der Waals surface area contributed by atoms with Gasteiger partial charge in [0.25, 0.3) is 5.91 Å². The van der Waals surface area contributed by atoms with Crippen LogP contribution in [0.15, 0.2) is 54.9 Å².